The van der Waals surface area contributed by atoms with Crippen LogP contribution < -0.4 is 10.2 Å². The van der Waals surface area contributed by atoms with Crippen molar-refractivity contribution in [3.63, 3.8) is 0 Å². The fourth-order valence-corrected chi connectivity index (χ4v) is 2.93. The lowest BCUT2D eigenvalue weighted by molar-refractivity contribution is -0.247. The number of nitrogens with one attached hydrogen (secondary N) is 1. The van der Waals surface area contributed by atoms with Gasteiger partial charge in [-0.15, -0.1) is 0 Å². The van der Waals surface area contributed by atoms with Crippen LogP contribution in [0.25, 0.3) is 0 Å². The third-order valence-electron chi connectivity index (χ3n) is 4.22. The Balaban J connectivity index is 1.55. The topological polar surface area (TPSA) is 33.7 Å². The molecule has 0 unspecified atom stereocenters. The second-order valence-electron chi connectivity index (χ2n) is 6.46. The van der Waals surface area contributed by atoms with Crippen LogP contribution in [0, 0.1) is 0 Å². The van der Waals surface area contributed by atoms with E-state index in [1.54, 1.807) is 0 Å². The van der Waals surface area contributed by atoms with Crippen molar-refractivity contribution in [2.75, 3.05) is 36.5 Å². The predicted octanol–water partition coefficient (Wildman–Crippen LogP) is 3.24. The van der Waals surface area contributed by atoms with Crippen molar-refractivity contribution in [3.8, 4) is 0 Å². The fourth-order valence-electron chi connectivity index (χ4n) is 2.93. The first kappa shape index (κ1) is 14.7. The predicted molar refractivity (Wildman–Crippen MR) is 85.9 cm³/mol. The highest BCUT2D eigenvalue weighted by molar-refractivity contribution is 5.55. The number of piperidine rings is 1. The normalized spacial score (nSPS) is 23.0. The number of hydrogen-bond donors (Lipinski definition) is 1. The van der Waals surface area contributed by atoms with Crippen LogP contribution >= 0.6 is 0 Å². The molecule has 0 amide bonds. The number of rotatable bonds is 3. The molecule has 0 atom stereocenters. The smallest absolute Gasteiger partial charge is 0.162 e. The molecule has 1 aromatic carbocycles. The molecule has 2 heterocycles. The third-order valence-corrected chi connectivity index (χ3v) is 4.22. The molecule has 2 saturated heterocycles. The number of anilines is 2. The summed E-state index contributed by atoms with van der Waals surface area (Å²) in [6, 6.07) is 8.95. The molecular weight excluding hydrogens is 264 g/mol. The minimum atomic E-state index is -0.448. The van der Waals surface area contributed by atoms with Gasteiger partial charge in [0.15, 0.2) is 5.79 Å². The van der Waals surface area contributed by atoms with Crippen LogP contribution in [-0.2, 0) is 9.47 Å². The van der Waals surface area contributed by atoms with E-state index in [1.165, 1.54) is 38.0 Å². The van der Waals surface area contributed by atoms with Crippen LogP contribution in [0.15, 0.2) is 24.3 Å². The van der Waals surface area contributed by atoms with Gasteiger partial charge in [0.1, 0.15) is 0 Å². The zero-order valence-corrected chi connectivity index (χ0v) is 13.1. The monoisotopic (exact) mass is 290 g/mol. The van der Waals surface area contributed by atoms with Crippen molar-refractivity contribution in [1.29, 1.82) is 0 Å². The summed E-state index contributed by atoms with van der Waals surface area (Å²) < 4.78 is 11.4. The Hall–Kier alpha value is -1.26. The van der Waals surface area contributed by atoms with Crippen LogP contribution in [0.1, 0.15) is 33.1 Å². The molecule has 116 valence electrons. The van der Waals surface area contributed by atoms with Gasteiger partial charge in [-0.25, -0.2) is 0 Å². The van der Waals surface area contributed by atoms with E-state index in [9.17, 15) is 0 Å². The van der Waals surface area contributed by atoms with Crippen molar-refractivity contribution in [1.82, 2.24) is 0 Å². The standard InChI is InChI=1S/C17H26N2O2/c1-17(2)20-12-15(13-21-17)18-14-6-8-16(9-7-14)19-10-4-3-5-11-19/h6-9,15,18H,3-5,10-13H2,1-2H3. The zero-order chi connectivity index (χ0) is 14.7. The first-order valence-corrected chi connectivity index (χ1v) is 8.02. The summed E-state index contributed by atoms with van der Waals surface area (Å²) in [5.41, 5.74) is 2.46. The molecule has 3 rings (SSSR count). The van der Waals surface area contributed by atoms with E-state index < -0.39 is 5.79 Å². The van der Waals surface area contributed by atoms with Crippen molar-refractivity contribution in [2.45, 2.75) is 44.9 Å². The van der Waals surface area contributed by atoms with Gasteiger partial charge in [0, 0.05) is 24.5 Å². The first-order valence-electron chi connectivity index (χ1n) is 8.02. The SMILES string of the molecule is CC1(C)OCC(Nc2ccc(N3CCCCC3)cc2)CO1. The Labute approximate surface area is 127 Å². The molecule has 0 aliphatic carbocycles. The Morgan fingerprint density at radius 1 is 1.00 bits per heavy atom. The minimum absolute atomic E-state index is 0.221. The van der Waals surface area contributed by atoms with E-state index in [4.69, 9.17) is 9.47 Å². The lowest BCUT2D eigenvalue weighted by Crippen LogP contribution is -2.45. The Morgan fingerprint density at radius 3 is 2.24 bits per heavy atom. The molecule has 21 heavy (non-hydrogen) atoms. The summed E-state index contributed by atoms with van der Waals surface area (Å²) in [6.45, 7) is 7.65. The van der Waals surface area contributed by atoms with E-state index in [0.717, 1.165) is 5.69 Å². The summed E-state index contributed by atoms with van der Waals surface area (Å²) in [5.74, 6) is -0.448. The van der Waals surface area contributed by atoms with Gasteiger partial charge in [-0.3, -0.25) is 0 Å². The molecule has 0 aromatic heterocycles. The molecule has 1 aromatic rings. The van der Waals surface area contributed by atoms with Crippen LogP contribution in [0.2, 0.25) is 0 Å². The van der Waals surface area contributed by atoms with Crippen LogP contribution in [-0.4, -0.2) is 38.1 Å². The fraction of sp³-hybridized carbons (Fsp3) is 0.647. The summed E-state index contributed by atoms with van der Waals surface area (Å²) in [6.07, 6.45) is 3.99. The average Bonchev–Trinajstić information content (AvgIpc) is 2.51. The maximum Gasteiger partial charge on any atom is 0.162 e. The molecule has 0 spiro atoms. The minimum Gasteiger partial charge on any atom is -0.378 e. The molecular formula is C17H26N2O2. The van der Waals surface area contributed by atoms with Crippen molar-refractivity contribution in [3.05, 3.63) is 24.3 Å². The largest absolute Gasteiger partial charge is 0.378 e. The lowest BCUT2D eigenvalue weighted by Gasteiger charge is -2.35. The van der Waals surface area contributed by atoms with E-state index in [0.29, 0.717) is 13.2 Å². The van der Waals surface area contributed by atoms with Crippen molar-refractivity contribution in [2.24, 2.45) is 0 Å². The quantitative estimate of drug-likeness (QED) is 0.926. The highest BCUT2D eigenvalue weighted by atomic mass is 16.7. The number of benzene rings is 1. The number of ether oxygens (including phenoxy) is 2. The zero-order valence-electron chi connectivity index (χ0n) is 13.1. The summed E-state index contributed by atoms with van der Waals surface area (Å²) >= 11 is 0. The Morgan fingerprint density at radius 2 is 1.62 bits per heavy atom. The van der Waals surface area contributed by atoms with Gasteiger partial charge in [-0.2, -0.15) is 0 Å². The molecule has 2 fully saturated rings. The molecule has 0 saturated carbocycles. The average molecular weight is 290 g/mol. The highest BCUT2D eigenvalue weighted by Gasteiger charge is 2.28. The molecule has 2 aliphatic heterocycles. The molecule has 0 radical (unpaired) electrons. The number of nitrogens with zero attached hydrogens (tertiary/aromatic N) is 1. The Bertz CT molecular complexity index is 442. The maximum absolute atomic E-state index is 5.68. The van der Waals surface area contributed by atoms with Crippen molar-refractivity contribution < 1.29 is 9.47 Å². The van der Waals surface area contributed by atoms with Crippen LogP contribution in [0.5, 0.6) is 0 Å². The summed E-state index contributed by atoms with van der Waals surface area (Å²) in [7, 11) is 0. The third kappa shape index (κ3) is 3.89. The second kappa shape index (κ2) is 6.24. The summed E-state index contributed by atoms with van der Waals surface area (Å²) in [4.78, 5) is 2.47. The van der Waals surface area contributed by atoms with Crippen LogP contribution in [0.4, 0.5) is 11.4 Å². The molecule has 1 N–H and O–H groups in total. The van der Waals surface area contributed by atoms with E-state index in [1.807, 2.05) is 13.8 Å². The lowest BCUT2D eigenvalue weighted by atomic mass is 10.1. The van der Waals surface area contributed by atoms with Gasteiger partial charge < -0.3 is 19.7 Å². The van der Waals surface area contributed by atoms with Gasteiger partial charge in [0.25, 0.3) is 0 Å². The summed E-state index contributed by atoms with van der Waals surface area (Å²) in [5, 5.41) is 3.48. The van der Waals surface area contributed by atoms with Gasteiger partial charge >= 0.3 is 0 Å². The molecule has 4 heteroatoms. The van der Waals surface area contributed by atoms with Gasteiger partial charge in [-0.05, 0) is 57.4 Å². The highest BCUT2D eigenvalue weighted by Crippen LogP contribution is 2.23. The van der Waals surface area contributed by atoms with E-state index in [-0.39, 0.29) is 6.04 Å². The van der Waals surface area contributed by atoms with Gasteiger partial charge in [-0.1, -0.05) is 0 Å². The maximum atomic E-state index is 5.68. The van der Waals surface area contributed by atoms with E-state index in [2.05, 4.69) is 34.5 Å². The second-order valence-corrected chi connectivity index (χ2v) is 6.46. The van der Waals surface area contributed by atoms with Crippen molar-refractivity contribution >= 4 is 11.4 Å². The molecule has 4 nitrogen and oxygen atoms in total. The Kier molecular flexibility index (Phi) is 4.36. The molecule has 2 aliphatic rings. The first-order chi connectivity index (χ1) is 10.1. The van der Waals surface area contributed by atoms with E-state index >= 15 is 0 Å². The van der Waals surface area contributed by atoms with Crippen LogP contribution in [0.3, 0.4) is 0 Å². The van der Waals surface area contributed by atoms with Gasteiger partial charge in [0.2, 0.25) is 0 Å². The molecule has 0 bridgehead atoms. The number of hydrogen-bond acceptors (Lipinski definition) is 4. The van der Waals surface area contributed by atoms with Gasteiger partial charge in [0.05, 0.1) is 19.3 Å².